The molecule has 1 aromatic heterocycles. The Morgan fingerprint density at radius 2 is 2.00 bits per heavy atom. The summed E-state index contributed by atoms with van der Waals surface area (Å²) in [7, 11) is 1.57. The Bertz CT molecular complexity index is 806. The minimum atomic E-state index is -1.18. The van der Waals surface area contributed by atoms with E-state index in [0.717, 1.165) is 24.1 Å². The summed E-state index contributed by atoms with van der Waals surface area (Å²) in [5.74, 6) is -0.828. The van der Waals surface area contributed by atoms with Gasteiger partial charge in [0.15, 0.2) is 5.69 Å². The zero-order chi connectivity index (χ0) is 18.0. The van der Waals surface area contributed by atoms with Crippen LogP contribution in [0.5, 0.6) is 5.75 Å². The summed E-state index contributed by atoms with van der Waals surface area (Å²) < 4.78 is 6.90. The van der Waals surface area contributed by atoms with Crippen LogP contribution in [0.4, 0.5) is 0 Å². The molecule has 1 aromatic carbocycles. The molecule has 0 spiro atoms. The first-order valence-electron chi connectivity index (χ1n) is 8.22. The molecule has 0 unspecified atom stereocenters. The molecule has 1 aliphatic carbocycles. The Morgan fingerprint density at radius 3 is 2.64 bits per heavy atom. The summed E-state index contributed by atoms with van der Waals surface area (Å²) in [5, 5.41) is 16.4. The van der Waals surface area contributed by atoms with E-state index in [1.807, 2.05) is 25.1 Å². The van der Waals surface area contributed by atoms with E-state index in [9.17, 15) is 14.7 Å². The minimum absolute atomic E-state index is 0.177. The van der Waals surface area contributed by atoms with Gasteiger partial charge in [-0.25, -0.2) is 9.48 Å². The number of carboxylic acid groups (broad SMARTS) is 1. The Kier molecular flexibility index (Phi) is 4.48. The Morgan fingerprint density at radius 1 is 1.28 bits per heavy atom. The van der Waals surface area contributed by atoms with Gasteiger partial charge in [0.05, 0.1) is 7.11 Å². The number of amides is 1. The predicted molar refractivity (Wildman–Crippen MR) is 91.2 cm³/mol. The number of carbonyl (C=O) groups is 2. The number of aryl methyl sites for hydroxylation is 1. The number of rotatable bonds is 5. The van der Waals surface area contributed by atoms with E-state index in [2.05, 4.69) is 10.4 Å². The van der Waals surface area contributed by atoms with E-state index in [0.29, 0.717) is 18.6 Å². The molecular formula is C18H21N3O4. The summed E-state index contributed by atoms with van der Waals surface area (Å²) in [5.41, 5.74) is 0.751. The van der Waals surface area contributed by atoms with Crippen molar-refractivity contribution in [2.24, 2.45) is 0 Å². The van der Waals surface area contributed by atoms with Crippen LogP contribution >= 0.6 is 0 Å². The first kappa shape index (κ1) is 17.0. The number of methoxy groups -OCH3 is 1. The van der Waals surface area contributed by atoms with Crippen LogP contribution in [-0.2, 0) is 4.79 Å². The second-order valence-corrected chi connectivity index (χ2v) is 6.37. The lowest BCUT2D eigenvalue weighted by Crippen LogP contribution is -2.52. The largest absolute Gasteiger partial charge is 0.494 e. The summed E-state index contributed by atoms with van der Waals surface area (Å²) in [6.07, 6.45) is 4.14. The lowest BCUT2D eigenvalue weighted by Gasteiger charge is -2.24. The number of carboxylic acids is 1. The van der Waals surface area contributed by atoms with Crippen molar-refractivity contribution in [1.82, 2.24) is 15.1 Å². The molecule has 0 bridgehead atoms. The van der Waals surface area contributed by atoms with Crippen molar-refractivity contribution < 1.29 is 19.4 Å². The fourth-order valence-electron chi connectivity index (χ4n) is 3.21. The minimum Gasteiger partial charge on any atom is -0.494 e. The van der Waals surface area contributed by atoms with E-state index >= 15 is 0 Å². The first-order valence-corrected chi connectivity index (χ1v) is 8.22. The number of nitrogens with one attached hydrogen (secondary N) is 1. The summed E-state index contributed by atoms with van der Waals surface area (Å²) in [6, 6.07) is 7.24. The van der Waals surface area contributed by atoms with Gasteiger partial charge in [-0.2, -0.15) is 5.10 Å². The number of aliphatic carboxylic acids is 1. The number of benzene rings is 1. The van der Waals surface area contributed by atoms with Crippen molar-refractivity contribution in [2.75, 3.05) is 7.11 Å². The Hall–Kier alpha value is -2.83. The number of ether oxygens (including phenoxy) is 1. The first-order chi connectivity index (χ1) is 11.9. The van der Waals surface area contributed by atoms with E-state index in [4.69, 9.17) is 4.74 Å². The zero-order valence-corrected chi connectivity index (χ0v) is 14.3. The van der Waals surface area contributed by atoms with Gasteiger partial charge in [-0.1, -0.05) is 18.9 Å². The molecule has 2 N–H and O–H groups in total. The molecule has 0 aliphatic heterocycles. The highest BCUT2D eigenvalue weighted by molar-refractivity contribution is 5.96. The summed E-state index contributed by atoms with van der Waals surface area (Å²) in [4.78, 5) is 24.1. The highest BCUT2D eigenvalue weighted by atomic mass is 16.5. The van der Waals surface area contributed by atoms with Crippen LogP contribution in [0.15, 0.2) is 30.5 Å². The van der Waals surface area contributed by atoms with Crippen molar-refractivity contribution in [2.45, 2.75) is 38.1 Å². The highest BCUT2D eigenvalue weighted by Gasteiger charge is 2.43. The van der Waals surface area contributed by atoms with Crippen LogP contribution in [0.2, 0.25) is 0 Å². The van der Waals surface area contributed by atoms with Gasteiger partial charge in [-0.05, 0) is 43.5 Å². The van der Waals surface area contributed by atoms with Crippen LogP contribution in [0.3, 0.4) is 0 Å². The van der Waals surface area contributed by atoms with Gasteiger partial charge in [0.2, 0.25) is 0 Å². The lowest BCUT2D eigenvalue weighted by atomic mass is 9.97. The highest BCUT2D eigenvalue weighted by Crippen LogP contribution is 2.30. The van der Waals surface area contributed by atoms with Crippen LogP contribution in [0, 0.1) is 6.92 Å². The Labute approximate surface area is 145 Å². The lowest BCUT2D eigenvalue weighted by molar-refractivity contribution is -0.144. The SMILES string of the molecule is COc1ccc(C)cc1-n1ccc(C(=O)NC2(C(=O)O)CCCC2)n1. The van der Waals surface area contributed by atoms with Crippen LogP contribution in [0.25, 0.3) is 5.69 Å². The maximum Gasteiger partial charge on any atom is 0.329 e. The van der Waals surface area contributed by atoms with Gasteiger partial charge < -0.3 is 15.2 Å². The molecule has 7 heteroatoms. The fourth-order valence-corrected chi connectivity index (χ4v) is 3.21. The third-order valence-electron chi connectivity index (χ3n) is 4.62. The van der Waals surface area contributed by atoms with Crippen molar-refractivity contribution in [3.8, 4) is 11.4 Å². The van der Waals surface area contributed by atoms with Crippen molar-refractivity contribution in [1.29, 1.82) is 0 Å². The number of carbonyl (C=O) groups excluding carboxylic acids is 1. The molecule has 0 atom stereocenters. The zero-order valence-electron chi connectivity index (χ0n) is 14.3. The summed E-state index contributed by atoms with van der Waals surface area (Å²) >= 11 is 0. The molecule has 1 fully saturated rings. The van der Waals surface area contributed by atoms with Crippen molar-refractivity contribution in [3.63, 3.8) is 0 Å². The fraction of sp³-hybridized carbons (Fsp3) is 0.389. The van der Waals surface area contributed by atoms with Gasteiger partial charge in [-0.3, -0.25) is 4.79 Å². The van der Waals surface area contributed by atoms with Crippen LogP contribution in [-0.4, -0.2) is 39.4 Å². The second-order valence-electron chi connectivity index (χ2n) is 6.37. The van der Waals surface area contributed by atoms with Crippen LogP contribution in [0.1, 0.15) is 41.7 Å². The maximum atomic E-state index is 12.5. The van der Waals surface area contributed by atoms with Gasteiger partial charge in [0.1, 0.15) is 17.0 Å². The molecule has 25 heavy (non-hydrogen) atoms. The van der Waals surface area contributed by atoms with E-state index in [-0.39, 0.29) is 5.69 Å². The average molecular weight is 343 g/mol. The Balaban J connectivity index is 1.85. The van der Waals surface area contributed by atoms with Gasteiger partial charge in [-0.15, -0.1) is 0 Å². The van der Waals surface area contributed by atoms with E-state index in [1.54, 1.807) is 24.1 Å². The molecule has 132 valence electrons. The molecule has 0 radical (unpaired) electrons. The number of nitrogens with zero attached hydrogens (tertiary/aromatic N) is 2. The maximum absolute atomic E-state index is 12.5. The molecule has 1 amide bonds. The average Bonchev–Trinajstić information content (AvgIpc) is 3.25. The normalized spacial score (nSPS) is 15.8. The molecule has 0 saturated heterocycles. The molecule has 1 heterocycles. The molecule has 7 nitrogen and oxygen atoms in total. The summed E-state index contributed by atoms with van der Waals surface area (Å²) in [6.45, 7) is 1.96. The second kappa shape index (κ2) is 6.58. The molecule has 1 saturated carbocycles. The predicted octanol–water partition coefficient (Wildman–Crippen LogP) is 2.32. The third kappa shape index (κ3) is 3.22. The van der Waals surface area contributed by atoms with Crippen molar-refractivity contribution in [3.05, 3.63) is 41.7 Å². The number of hydrogen-bond acceptors (Lipinski definition) is 4. The topological polar surface area (TPSA) is 93.5 Å². The standard InChI is InChI=1S/C18H21N3O4/c1-12-5-6-15(25-2)14(11-12)21-10-7-13(20-21)16(22)19-18(17(23)24)8-3-4-9-18/h5-7,10-11H,3-4,8-9H2,1-2H3,(H,19,22)(H,23,24). The molecule has 1 aliphatic rings. The van der Waals surface area contributed by atoms with Crippen molar-refractivity contribution >= 4 is 11.9 Å². The number of hydrogen-bond donors (Lipinski definition) is 2. The van der Waals surface area contributed by atoms with Gasteiger partial charge in [0.25, 0.3) is 5.91 Å². The van der Waals surface area contributed by atoms with E-state index in [1.165, 1.54) is 0 Å². The monoisotopic (exact) mass is 343 g/mol. The smallest absolute Gasteiger partial charge is 0.329 e. The molecule has 3 rings (SSSR count). The third-order valence-corrected chi connectivity index (χ3v) is 4.62. The molecular weight excluding hydrogens is 322 g/mol. The quantitative estimate of drug-likeness (QED) is 0.869. The molecule has 2 aromatic rings. The van der Waals surface area contributed by atoms with Gasteiger partial charge in [0, 0.05) is 6.20 Å². The van der Waals surface area contributed by atoms with Crippen LogP contribution < -0.4 is 10.1 Å². The number of aromatic nitrogens is 2. The van der Waals surface area contributed by atoms with Gasteiger partial charge >= 0.3 is 5.97 Å². The van der Waals surface area contributed by atoms with E-state index < -0.39 is 17.4 Å².